The standard InChI is InChI=1S/C12H15NO4S/c1-2-8-13(9-12(14)15)18(16,17)10-11-6-4-3-5-7-11/h2-7H,1,8-10H2,(H,14,15). The number of carboxylic acids is 1. The summed E-state index contributed by atoms with van der Waals surface area (Å²) in [5.74, 6) is -1.40. The molecule has 98 valence electrons. The van der Waals surface area contributed by atoms with Crippen molar-refractivity contribution in [3.63, 3.8) is 0 Å². The van der Waals surface area contributed by atoms with Crippen molar-refractivity contribution >= 4 is 16.0 Å². The lowest BCUT2D eigenvalue weighted by Crippen LogP contribution is -2.36. The van der Waals surface area contributed by atoms with Crippen molar-refractivity contribution in [3.05, 3.63) is 48.6 Å². The van der Waals surface area contributed by atoms with Crippen LogP contribution in [-0.2, 0) is 20.6 Å². The zero-order chi connectivity index (χ0) is 13.6. The van der Waals surface area contributed by atoms with Gasteiger partial charge in [0, 0.05) is 6.54 Å². The number of hydrogen-bond acceptors (Lipinski definition) is 3. The van der Waals surface area contributed by atoms with E-state index < -0.39 is 22.5 Å². The zero-order valence-electron chi connectivity index (χ0n) is 9.82. The van der Waals surface area contributed by atoms with Crippen molar-refractivity contribution in [3.8, 4) is 0 Å². The number of aliphatic carboxylic acids is 1. The molecule has 0 aromatic heterocycles. The van der Waals surface area contributed by atoms with Gasteiger partial charge in [-0.3, -0.25) is 4.79 Å². The van der Waals surface area contributed by atoms with Crippen molar-refractivity contribution in [2.24, 2.45) is 0 Å². The SMILES string of the molecule is C=CCN(CC(=O)O)S(=O)(=O)Cc1ccccc1. The third-order valence-electron chi connectivity index (χ3n) is 2.23. The maximum absolute atomic E-state index is 12.0. The normalized spacial score (nSPS) is 11.4. The highest BCUT2D eigenvalue weighted by molar-refractivity contribution is 7.88. The summed E-state index contributed by atoms with van der Waals surface area (Å²) in [7, 11) is -3.65. The highest BCUT2D eigenvalue weighted by atomic mass is 32.2. The van der Waals surface area contributed by atoms with E-state index in [9.17, 15) is 13.2 Å². The van der Waals surface area contributed by atoms with Gasteiger partial charge in [-0.25, -0.2) is 8.42 Å². The lowest BCUT2D eigenvalue weighted by atomic mass is 10.2. The van der Waals surface area contributed by atoms with Crippen LogP contribution in [-0.4, -0.2) is 36.9 Å². The summed E-state index contributed by atoms with van der Waals surface area (Å²) in [6.07, 6.45) is 1.37. The van der Waals surface area contributed by atoms with E-state index in [1.807, 2.05) is 0 Å². The summed E-state index contributed by atoms with van der Waals surface area (Å²) in [4.78, 5) is 10.6. The molecule has 0 amide bonds. The topological polar surface area (TPSA) is 74.7 Å². The monoisotopic (exact) mass is 269 g/mol. The summed E-state index contributed by atoms with van der Waals surface area (Å²) >= 11 is 0. The number of nitrogens with zero attached hydrogens (tertiary/aromatic N) is 1. The van der Waals surface area contributed by atoms with Crippen LogP contribution in [0.1, 0.15) is 5.56 Å². The second kappa shape index (κ2) is 6.32. The molecule has 0 spiro atoms. The molecule has 18 heavy (non-hydrogen) atoms. The molecule has 5 nitrogen and oxygen atoms in total. The Labute approximate surface area is 106 Å². The fourth-order valence-corrected chi connectivity index (χ4v) is 2.88. The predicted molar refractivity (Wildman–Crippen MR) is 68.5 cm³/mol. The molecule has 0 saturated carbocycles. The molecule has 0 saturated heterocycles. The Kier molecular flexibility index (Phi) is 5.06. The van der Waals surface area contributed by atoms with Gasteiger partial charge in [-0.2, -0.15) is 4.31 Å². The van der Waals surface area contributed by atoms with Crippen molar-refractivity contribution in [1.29, 1.82) is 0 Å². The van der Waals surface area contributed by atoms with Crippen LogP contribution in [0.2, 0.25) is 0 Å². The molecule has 0 atom stereocenters. The van der Waals surface area contributed by atoms with Gasteiger partial charge in [0.15, 0.2) is 0 Å². The fraction of sp³-hybridized carbons (Fsp3) is 0.250. The zero-order valence-corrected chi connectivity index (χ0v) is 10.6. The Hall–Kier alpha value is -1.66. The van der Waals surface area contributed by atoms with Gasteiger partial charge in [0.1, 0.15) is 6.54 Å². The van der Waals surface area contributed by atoms with Crippen LogP contribution in [0.15, 0.2) is 43.0 Å². The summed E-state index contributed by atoms with van der Waals surface area (Å²) in [6.45, 7) is 2.86. The van der Waals surface area contributed by atoms with Crippen LogP contribution in [0.5, 0.6) is 0 Å². The quantitative estimate of drug-likeness (QED) is 0.752. The van der Waals surface area contributed by atoms with E-state index in [0.717, 1.165) is 4.31 Å². The molecule has 1 aromatic carbocycles. The minimum Gasteiger partial charge on any atom is -0.480 e. The number of sulfonamides is 1. The molecule has 0 aliphatic carbocycles. The van der Waals surface area contributed by atoms with Gasteiger partial charge in [-0.05, 0) is 5.56 Å². The van der Waals surface area contributed by atoms with E-state index in [1.54, 1.807) is 30.3 Å². The van der Waals surface area contributed by atoms with Crippen LogP contribution in [0.4, 0.5) is 0 Å². The first-order valence-electron chi connectivity index (χ1n) is 5.30. The van der Waals surface area contributed by atoms with E-state index in [0.29, 0.717) is 5.56 Å². The summed E-state index contributed by atoms with van der Waals surface area (Å²) < 4.78 is 25.0. The van der Waals surface area contributed by atoms with Gasteiger partial charge >= 0.3 is 5.97 Å². The molecule has 0 unspecified atom stereocenters. The summed E-state index contributed by atoms with van der Waals surface area (Å²) in [5.41, 5.74) is 0.622. The predicted octanol–water partition coefficient (Wildman–Crippen LogP) is 1.09. The molecule has 1 rings (SSSR count). The molecule has 0 aliphatic heterocycles. The molecular weight excluding hydrogens is 254 g/mol. The van der Waals surface area contributed by atoms with E-state index in [4.69, 9.17) is 5.11 Å². The van der Waals surface area contributed by atoms with Gasteiger partial charge in [-0.15, -0.1) is 6.58 Å². The Bertz CT molecular complexity index is 510. The fourth-order valence-electron chi connectivity index (χ4n) is 1.45. The first-order chi connectivity index (χ1) is 8.45. The minimum atomic E-state index is -3.65. The van der Waals surface area contributed by atoms with Crippen LogP contribution >= 0.6 is 0 Å². The van der Waals surface area contributed by atoms with Gasteiger partial charge in [0.2, 0.25) is 10.0 Å². The highest BCUT2D eigenvalue weighted by Gasteiger charge is 2.23. The number of benzene rings is 1. The molecule has 0 bridgehead atoms. The number of rotatable bonds is 7. The van der Waals surface area contributed by atoms with Crippen molar-refractivity contribution in [2.75, 3.05) is 13.1 Å². The number of hydrogen-bond donors (Lipinski definition) is 1. The van der Waals surface area contributed by atoms with Crippen molar-refractivity contribution in [2.45, 2.75) is 5.75 Å². The van der Waals surface area contributed by atoms with E-state index in [-0.39, 0.29) is 12.3 Å². The van der Waals surface area contributed by atoms with Crippen LogP contribution in [0.25, 0.3) is 0 Å². The van der Waals surface area contributed by atoms with E-state index >= 15 is 0 Å². The van der Waals surface area contributed by atoms with Crippen LogP contribution in [0, 0.1) is 0 Å². The molecular formula is C12H15NO4S. The summed E-state index contributed by atoms with van der Waals surface area (Å²) in [5, 5.41) is 8.70. The lowest BCUT2D eigenvalue weighted by Gasteiger charge is -2.18. The number of carboxylic acid groups (broad SMARTS) is 1. The van der Waals surface area contributed by atoms with Gasteiger partial charge in [0.05, 0.1) is 5.75 Å². The van der Waals surface area contributed by atoms with Crippen LogP contribution < -0.4 is 0 Å². The van der Waals surface area contributed by atoms with Crippen molar-refractivity contribution < 1.29 is 18.3 Å². The smallest absolute Gasteiger partial charge is 0.318 e. The largest absolute Gasteiger partial charge is 0.480 e. The Morgan fingerprint density at radius 3 is 2.44 bits per heavy atom. The second-order valence-electron chi connectivity index (χ2n) is 3.72. The first-order valence-corrected chi connectivity index (χ1v) is 6.91. The summed E-state index contributed by atoms with van der Waals surface area (Å²) in [6, 6.07) is 8.63. The molecule has 0 aliphatic rings. The minimum absolute atomic E-state index is 0.0124. The highest BCUT2D eigenvalue weighted by Crippen LogP contribution is 2.10. The second-order valence-corrected chi connectivity index (χ2v) is 5.69. The molecule has 1 aromatic rings. The molecule has 0 heterocycles. The van der Waals surface area contributed by atoms with Gasteiger partial charge in [-0.1, -0.05) is 36.4 Å². The average molecular weight is 269 g/mol. The Balaban J connectivity index is 2.88. The number of carbonyl (C=O) groups is 1. The van der Waals surface area contributed by atoms with Crippen molar-refractivity contribution in [1.82, 2.24) is 4.31 Å². The van der Waals surface area contributed by atoms with Gasteiger partial charge in [0.25, 0.3) is 0 Å². The van der Waals surface area contributed by atoms with E-state index in [1.165, 1.54) is 6.08 Å². The third kappa shape index (κ3) is 4.31. The molecule has 1 N–H and O–H groups in total. The average Bonchev–Trinajstić information content (AvgIpc) is 2.28. The Morgan fingerprint density at radius 1 is 1.33 bits per heavy atom. The maximum atomic E-state index is 12.0. The Morgan fingerprint density at radius 2 is 1.94 bits per heavy atom. The van der Waals surface area contributed by atoms with Crippen LogP contribution in [0.3, 0.4) is 0 Å². The third-order valence-corrected chi connectivity index (χ3v) is 3.99. The molecule has 0 radical (unpaired) electrons. The molecule has 6 heteroatoms. The lowest BCUT2D eigenvalue weighted by molar-refractivity contribution is -0.137. The first kappa shape index (κ1) is 14.4. The maximum Gasteiger partial charge on any atom is 0.318 e. The van der Waals surface area contributed by atoms with Gasteiger partial charge < -0.3 is 5.11 Å². The molecule has 0 fully saturated rings. The van der Waals surface area contributed by atoms with E-state index in [2.05, 4.69) is 6.58 Å².